The summed E-state index contributed by atoms with van der Waals surface area (Å²) in [7, 11) is 0. The van der Waals surface area contributed by atoms with Gasteiger partial charge in [0.1, 0.15) is 17.0 Å². The number of carbonyl (C=O) groups is 2. The third kappa shape index (κ3) is 4.44. The molecule has 3 aromatic heterocycles. The van der Waals surface area contributed by atoms with E-state index in [9.17, 15) is 9.59 Å². The molecule has 1 aromatic carbocycles. The normalized spacial score (nSPS) is 10.6. The molecule has 0 spiro atoms. The van der Waals surface area contributed by atoms with Gasteiger partial charge < -0.3 is 14.5 Å². The highest BCUT2D eigenvalue weighted by molar-refractivity contribution is 7.13. The summed E-state index contributed by atoms with van der Waals surface area (Å²) in [6.07, 6.45) is 3.14. The fraction of sp³-hybridized carbons (Fsp3) is 0.0952. The van der Waals surface area contributed by atoms with E-state index in [0.717, 1.165) is 10.6 Å². The zero-order valence-corrected chi connectivity index (χ0v) is 16.1. The molecule has 0 fully saturated rings. The average Bonchev–Trinajstić information content (AvgIpc) is 3.52. The van der Waals surface area contributed by atoms with Crippen LogP contribution in [0.15, 0.2) is 76.9 Å². The standard InChI is InChI=1S/C21H17N3O4S/c25-19(22-12-16-8-4-10-27-16)14-28-21(26)17-13-24(15-6-2-1-3-7-15)23-20(17)18-9-5-11-29-18/h1-11,13H,12,14H2,(H,22,25). The van der Waals surface area contributed by atoms with Gasteiger partial charge in [-0.2, -0.15) is 5.10 Å². The van der Waals surface area contributed by atoms with Crippen molar-refractivity contribution in [2.45, 2.75) is 6.54 Å². The molecule has 4 aromatic rings. The van der Waals surface area contributed by atoms with Crippen molar-refractivity contribution in [3.05, 3.63) is 83.8 Å². The molecule has 0 unspecified atom stereocenters. The highest BCUT2D eigenvalue weighted by Gasteiger charge is 2.21. The lowest BCUT2D eigenvalue weighted by atomic mass is 10.2. The summed E-state index contributed by atoms with van der Waals surface area (Å²) in [6, 6.07) is 16.7. The number of carbonyl (C=O) groups excluding carboxylic acids is 2. The Morgan fingerprint density at radius 1 is 1.10 bits per heavy atom. The molecule has 4 rings (SSSR count). The van der Waals surface area contributed by atoms with E-state index < -0.39 is 11.9 Å². The van der Waals surface area contributed by atoms with Crippen molar-refractivity contribution in [1.82, 2.24) is 15.1 Å². The van der Waals surface area contributed by atoms with E-state index >= 15 is 0 Å². The number of nitrogens with zero attached hydrogens (tertiary/aromatic N) is 2. The number of para-hydroxylation sites is 1. The van der Waals surface area contributed by atoms with E-state index in [1.807, 2.05) is 47.8 Å². The van der Waals surface area contributed by atoms with Crippen molar-refractivity contribution in [1.29, 1.82) is 0 Å². The van der Waals surface area contributed by atoms with Gasteiger partial charge in [0.2, 0.25) is 0 Å². The molecule has 1 amide bonds. The second kappa shape index (κ2) is 8.57. The van der Waals surface area contributed by atoms with Crippen molar-refractivity contribution < 1.29 is 18.7 Å². The molecule has 0 atom stereocenters. The summed E-state index contributed by atoms with van der Waals surface area (Å²) in [5.74, 6) is -0.402. The van der Waals surface area contributed by atoms with Crippen LogP contribution in [0, 0.1) is 0 Å². The Hall–Kier alpha value is -3.65. The second-order valence-electron chi connectivity index (χ2n) is 6.08. The maximum Gasteiger partial charge on any atom is 0.342 e. The number of esters is 1. The number of aromatic nitrogens is 2. The molecule has 1 N–H and O–H groups in total. The molecule has 0 bridgehead atoms. The lowest BCUT2D eigenvalue weighted by Gasteiger charge is -2.05. The first-order valence-corrected chi connectivity index (χ1v) is 9.74. The Morgan fingerprint density at radius 3 is 2.69 bits per heavy atom. The third-order valence-corrected chi connectivity index (χ3v) is 4.96. The van der Waals surface area contributed by atoms with Crippen LogP contribution in [0.25, 0.3) is 16.3 Å². The van der Waals surface area contributed by atoms with Crippen molar-refractivity contribution in [3.8, 4) is 16.3 Å². The molecule has 0 radical (unpaired) electrons. The number of benzene rings is 1. The minimum atomic E-state index is -0.608. The van der Waals surface area contributed by atoms with E-state index in [4.69, 9.17) is 9.15 Å². The van der Waals surface area contributed by atoms with Crippen LogP contribution in [0.3, 0.4) is 0 Å². The number of nitrogens with one attached hydrogen (secondary N) is 1. The molecular weight excluding hydrogens is 390 g/mol. The number of ether oxygens (including phenoxy) is 1. The quantitative estimate of drug-likeness (QED) is 0.473. The fourth-order valence-corrected chi connectivity index (χ4v) is 3.41. The highest BCUT2D eigenvalue weighted by Crippen LogP contribution is 2.28. The van der Waals surface area contributed by atoms with Gasteiger partial charge in [0.25, 0.3) is 5.91 Å². The molecule has 0 aliphatic heterocycles. The molecule has 3 heterocycles. The number of thiophene rings is 1. The molecule has 0 aliphatic rings. The van der Waals surface area contributed by atoms with E-state index in [1.165, 1.54) is 17.6 Å². The minimum Gasteiger partial charge on any atom is -0.467 e. The van der Waals surface area contributed by atoms with Gasteiger partial charge in [-0.3, -0.25) is 4.79 Å². The second-order valence-corrected chi connectivity index (χ2v) is 7.03. The number of rotatable bonds is 7. The van der Waals surface area contributed by atoms with E-state index in [0.29, 0.717) is 17.0 Å². The van der Waals surface area contributed by atoms with Gasteiger partial charge in [-0.05, 0) is 35.7 Å². The van der Waals surface area contributed by atoms with Gasteiger partial charge in [0, 0.05) is 6.20 Å². The van der Waals surface area contributed by atoms with E-state index in [2.05, 4.69) is 10.4 Å². The van der Waals surface area contributed by atoms with Gasteiger partial charge in [-0.15, -0.1) is 11.3 Å². The third-order valence-electron chi connectivity index (χ3n) is 4.08. The van der Waals surface area contributed by atoms with Gasteiger partial charge in [0.15, 0.2) is 6.61 Å². The van der Waals surface area contributed by atoms with Crippen LogP contribution in [-0.2, 0) is 16.1 Å². The molecule has 8 heteroatoms. The highest BCUT2D eigenvalue weighted by atomic mass is 32.1. The topological polar surface area (TPSA) is 86.4 Å². The zero-order valence-electron chi connectivity index (χ0n) is 15.3. The van der Waals surface area contributed by atoms with Gasteiger partial charge in [-0.1, -0.05) is 24.3 Å². The van der Waals surface area contributed by atoms with Crippen molar-refractivity contribution >= 4 is 23.2 Å². The monoisotopic (exact) mass is 407 g/mol. The van der Waals surface area contributed by atoms with Crippen LogP contribution in [0.2, 0.25) is 0 Å². The van der Waals surface area contributed by atoms with Gasteiger partial charge in [0.05, 0.1) is 23.4 Å². The van der Waals surface area contributed by atoms with Gasteiger partial charge in [-0.25, -0.2) is 9.48 Å². The van der Waals surface area contributed by atoms with Gasteiger partial charge >= 0.3 is 5.97 Å². The predicted molar refractivity (Wildman–Crippen MR) is 108 cm³/mol. The summed E-state index contributed by atoms with van der Waals surface area (Å²) in [6.45, 7) is -0.157. The van der Waals surface area contributed by atoms with E-state index in [1.54, 1.807) is 23.0 Å². The lowest BCUT2D eigenvalue weighted by molar-refractivity contribution is -0.124. The Morgan fingerprint density at radius 2 is 1.97 bits per heavy atom. The summed E-state index contributed by atoms with van der Waals surface area (Å²) >= 11 is 1.47. The first-order chi connectivity index (χ1) is 14.2. The summed E-state index contributed by atoms with van der Waals surface area (Å²) in [5.41, 5.74) is 1.64. The van der Waals surface area contributed by atoms with Crippen LogP contribution in [0.1, 0.15) is 16.1 Å². The van der Waals surface area contributed by atoms with Crippen LogP contribution >= 0.6 is 11.3 Å². The fourth-order valence-electron chi connectivity index (χ4n) is 2.69. The summed E-state index contributed by atoms with van der Waals surface area (Å²) < 4.78 is 12.0. The number of amides is 1. The first-order valence-electron chi connectivity index (χ1n) is 8.86. The minimum absolute atomic E-state index is 0.232. The first kappa shape index (κ1) is 18.7. The maximum absolute atomic E-state index is 12.7. The average molecular weight is 407 g/mol. The molecule has 146 valence electrons. The largest absolute Gasteiger partial charge is 0.467 e. The Kier molecular flexibility index (Phi) is 5.53. The molecule has 0 saturated heterocycles. The SMILES string of the molecule is O=C(COC(=O)c1cn(-c2ccccc2)nc1-c1cccs1)NCc1ccco1. The molecule has 0 aliphatic carbocycles. The summed E-state index contributed by atoms with van der Waals surface area (Å²) in [5, 5.41) is 9.10. The number of furan rings is 1. The smallest absolute Gasteiger partial charge is 0.342 e. The predicted octanol–water partition coefficient (Wildman–Crippen LogP) is 3.67. The van der Waals surface area contributed by atoms with Crippen molar-refractivity contribution in [2.24, 2.45) is 0 Å². The van der Waals surface area contributed by atoms with Crippen molar-refractivity contribution in [2.75, 3.05) is 6.61 Å². The van der Waals surface area contributed by atoms with Crippen molar-refractivity contribution in [3.63, 3.8) is 0 Å². The van der Waals surface area contributed by atoms with Crippen LogP contribution in [0.4, 0.5) is 0 Å². The molecule has 0 saturated carbocycles. The van der Waals surface area contributed by atoms with Crippen LogP contribution in [-0.4, -0.2) is 28.3 Å². The van der Waals surface area contributed by atoms with Crippen LogP contribution in [0.5, 0.6) is 0 Å². The number of hydrogen-bond acceptors (Lipinski definition) is 6. The lowest BCUT2D eigenvalue weighted by Crippen LogP contribution is -2.28. The number of hydrogen-bond donors (Lipinski definition) is 1. The maximum atomic E-state index is 12.7. The Balaban J connectivity index is 1.48. The Labute approximate surface area is 170 Å². The molecular formula is C21H17N3O4S. The zero-order chi connectivity index (χ0) is 20.1. The summed E-state index contributed by atoms with van der Waals surface area (Å²) in [4.78, 5) is 25.5. The molecule has 7 nitrogen and oxygen atoms in total. The van der Waals surface area contributed by atoms with E-state index in [-0.39, 0.29) is 13.2 Å². The van der Waals surface area contributed by atoms with Crippen LogP contribution < -0.4 is 5.32 Å². The Bertz CT molecular complexity index is 1090. The molecule has 29 heavy (non-hydrogen) atoms.